The lowest BCUT2D eigenvalue weighted by Crippen LogP contribution is -2.38. The second-order valence-corrected chi connectivity index (χ2v) is 5.81. The third-order valence-corrected chi connectivity index (χ3v) is 4.14. The molecule has 104 valence electrons. The first-order valence-electron chi connectivity index (χ1n) is 6.94. The molecule has 0 saturated carbocycles. The number of fused-ring (bicyclic) bond motifs is 1. The van der Waals surface area contributed by atoms with Crippen molar-refractivity contribution in [3.05, 3.63) is 70.8 Å². The number of rotatable bonds is 2. The van der Waals surface area contributed by atoms with Crippen LogP contribution in [-0.4, -0.2) is 10.8 Å². The zero-order chi connectivity index (χ0) is 15.0. The Bertz CT molecular complexity index is 742. The molecule has 0 unspecified atom stereocenters. The quantitative estimate of drug-likeness (QED) is 0.843. The average Bonchev–Trinajstić information content (AvgIpc) is 2.69. The van der Waals surface area contributed by atoms with Crippen LogP contribution in [-0.2, 0) is 12.1 Å². The predicted molar refractivity (Wildman–Crippen MR) is 80.5 cm³/mol. The van der Waals surface area contributed by atoms with Crippen LogP contribution in [0.4, 0.5) is 0 Å². The van der Waals surface area contributed by atoms with Gasteiger partial charge >= 0.3 is 0 Å². The van der Waals surface area contributed by atoms with Crippen molar-refractivity contribution in [1.82, 2.24) is 4.90 Å². The van der Waals surface area contributed by atoms with Gasteiger partial charge in [-0.15, -0.1) is 0 Å². The highest BCUT2D eigenvalue weighted by atomic mass is 16.2. The van der Waals surface area contributed by atoms with Gasteiger partial charge in [-0.3, -0.25) is 4.79 Å². The van der Waals surface area contributed by atoms with Crippen molar-refractivity contribution in [2.24, 2.45) is 0 Å². The number of amides is 1. The van der Waals surface area contributed by atoms with Crippen molar-refractivity contribution in [3.63, 3.8) is 0 Å². The van der Waals surface area contributed by atoms with E-state index in [0.29, 0.717) is 17.7 Å². The molecule has 1 aliphatic rings. The van der Waals surface area contributed by atoms with Crippen LogP contribution in [0.1, 0.15) is 40.9 Å². The van der Waals surface area contributed by atoms with E-state index in [9.17, 15) is 4.79 Å². The standard InChI is InChI=1S/C18H16N2O/c1-18(2)16-9-8-14(11-19)10-15(16)17(21)20(18)12-13-6-4-3-5-7-13/h3-10H,12H2,1-2H3. The maximum Gasteiger partial charge on any atom is 0.255 e. The van der Waals surface area contributed by atoms with Gasteiger partial charge in [-0.25, -0.2) is 0 Å². The normalized spacial score (nSPS) is 15.7. The zero-order valence-corrected chi connectivity index (χ0v) is 12.1. The number of benzene rings is 2. The Kier molecular flexibility index (Phi) is 3.03. The number of nitriles is 1. The summed E-state index contributed by atoms with van der Waals surface area (Å²) in [5.74, 6) is -0.00375. The Labute approximate surface area is 124 Å². The van der Waals surface area contributed by atoms with Crippen molar-refractivity contribution < 1.29 is 4.79 Å². The molecule has 0 aromatic heterocycles. The lowest BCUT2D eigenvalue weighted by molar-refractivity contribution is 0.0595. The molecule has 2 aromatic carbocycles. The molecule has 1 aliphatic heterocycles. The molecular weight excluding hydrogens is 260 g/mol. The molecule has 2 aromatic rings. The van der Waals surface area contributed by atoms with Gasteiger partial charge in [0, 0.05) is 12.1 Å². The number of hydrogen-bond donors (Lipinski definition) is 0. The SMILES string of the molecule is CC1(C)c2ccc(C#N)cc2C(=O)N1Cc1ccccc1. The first kappa shape index (κ1) is 13.4. The van der Waals surface area contributed by atoms with Gasteiger partial charge in [0.2, 0.25) is 0 Å². The number of carbonyl (C=O) groups excluding carboxylic acids is 1. The maximum absolute atomic E-state index is 12.7. The summed E-state index contributed by atoms with van der Waals surface area (Å²) in [5, 5.41) is 9.01. The Morgan fingerprint density at radius 1 is 1.14 bits per heavy atom. The van der Waals surface area contributed by atoms with Crippen molar-refractivity contribution in [3.8, 4) is 6.07 Å². The van der Waals surface area contributed by atoms with E-state index in [0.717, 1.165) is 11.1 Å². The van der Waals surface area contributed by atoms with E-state index >= 15 is 0 Å². The minimum absolute atomic E-state index is 0.00375. The highest BCUT2D eigenvalue weighted by molar-refractivity contribution is 6.00. The molecule has 1 amide bonds. The second-order valence-electron chi connectivity index (χ2n) is 5.81. The molecule has 0 bridgehead atoms. The molecule has 21 heavy (non-hydrogen) atoms. The summed E-state index contributed by atoms with van der Waals surface area (Å²) in [6.45, 7) is 4.67. The molecule has 0 N–H and O–H groups in total. The van der Waals surface area contributed by atoms with Gasteiger partial charge in [-0.05, 0) is 37.1 Å². The maximum atomic E-state index is 12.7. The van der Waals surface area contributed by atoms with Crippen LogP contribution in [0.5, 0.6) is 0 Å². The van der Waals surface area contributed by atoms with Crippen molar-refractivity contribution in [1.29, 1.82) is 5.26 Å². The molecule has 0 spiro atoms. The Hall–Kier alpha value is -2.60. The highest BCUT2D eigenvalue weighted by Crippen LogP contribution is 2.39. The van der Waals surface area contributed by atoms with E-state index in [4.69, 9.17) is 5.26 Å². The van der Waals surface area contributed by atoms with Crippen LogP contribution < -0.4 is 0 Å². The topological polar surface area (TPSA) is 44.1 Å². The average molecular weight is 276 g/mol. The van der Waals surface area contributed by atoms with E-state index in [1.165, 1.54) is 0 Å². The van der Waals surface area contributed by atoms with Crippen molar-refractivity contribution in [2.45, 2.75) is 25.9 Å². The van der Waals surface area contributed by atoms with Crippen LogP contribution in [0.3, 0.4) is 0 Å². The van der Waals surface area contributed by atoms with E-state index < -0.39 is 0 Å². The highest BCUT2D eigenvalue weighted by Gasteiger charge is 2.42. The van der Waals surface area contributed by atoms with Crippen molar-refractivity contribution in [2.75, 3.05) is 0 Å². The Balaban J connectivity index is 2.02. The molecule has 3 rings (SSSR count). The molecule has 0 radical (unpaired) electrons. The fourth-order valence-electron chi connectivity index (χ4n) is 2.90. The minimum Gasteiger partial charge on any atom is -0.325 e. The fraction of sp³-hybridized carbons (Fsp3) is 0.222. The van der Waals surface area contributed by atoms with Gasteiger partial charge in [-0.2, -0.15) is 5.26 Å². The molecule has 0 atom stereocenters. The van der Waals surface area contributed by atoms with Crippen LogP contribution >= 0.6 is 0 Å². The largest absolute Gasteiger partial charge is 0.325 e. The van der Waals surface area contributed by atoms with Crippen LogP contribution in [0, 0.1) is 11.3 Å². The molecule has 3 nitrogen and oxygen atoms in total. The van der Waals surface area contributed by atoms with E-state index in [1.807, 2.05) is 55.1 Å². The van der Waals surface area contributed by atoms with Crippen LogP contribution in [0.2, 0.25) is 0 Å². The van der Waals surface area contributed by atoms with Gasteiger partial charge in [-0.1, -0.05) is 36.4 Å². The zero-order valence-electron chi connectivity index (χ0n) is 12.1. The lowest BCUT2D eigenvalue weighted by atomic mass is 9.92. The summed E-state index contributed by atoms with van der Waals surface area (Å²) >= 11 is 0. The minimum atomic E-state index is -0.365. The first-order valence-corrected chi connectivity index (χ1v) is 6.94. The number of nitrogens with zero attached hydrogens (tertiary/aromatic N) is 2. The predicted octanol–water partition coefficient (Wildman–Crippen LogP) is 3.45. The Morgan fingerprint density at radius 2 is 1.86 bits per heavy atom. The molecule has 0 saturated heterocycles. The van der Waals surface area contributed by atoms with E-state index in [-0.39, 0.29) is 11.4 Å². The number of hydrogen-bond acceptors (Lipinski definition) is 2. The molecule has 3 heteroatoms. The summed E-state index contributed by atoms with van der Waals surface area (Å²) in [4.78, 5) is 14.6. The third-order valence-electron chi connectivity index (χ3n) is 4.14. The van der Waals surface area contributed by atoms with Crippen LogP contribution in [0.25, 0.3) is 0 Å². The second kappa shape index (κ2) is 4.75. The molecule has 1 heterocycles. The first-order chi connectivity index (χ1) is 10.0. The van der Waals surface area contributed by atoms with Gasteiger partial charge in [0.1, 0.15) is 0 Å². The molecule has 0 aliphatic carbocycles. The van der Waals surface area contributed by atoms with Crippen molar-refractivity contribution >= 4 is 5.91 Å². The third kappa shape index (κ3) is 2.09. The van der Waals surface area contributed by atoms with Gasteiger partial charge < -0.3 is 4.90 Å². The summed E-state index contributed by atoms with van der Waals surface area (Å²) in [5.41, 5.74) is 2.90. The van der Waals surface area contributed by atoms with Gasteiger partial charge in [0.05, 0.1) is 17.2 Å². The molecule has 0 fully saturated rings. The van der Waals surface area contributed by atoms with E-state index in [2.05, 4.69) is 6.07 Å². The lowest BCUT2D eigenvalue weighted by Gasteiger charge is -2.32. The van der Waals surface area contributed by atoms with Gasteiger partial charge in [0.25, 0.3) is 5.91 Å². The monoisotopic (exact) mass is 276 g/mol. The van der Waals surface area contributed by atoms with Gasteiger partial charge in [0.15, 0.2) is 0 Å². The summed E-state index contributed by atoms with van der Waals surface area (Å²) < 4.78 is 0. The summed E-state index contributed by atoms with van der Waals surface area (Å²) in [6, 6.07) is 17.4. The van der Waals surface area contributed by atoms with E-state index in [1.54, 1.807) is 12.1 Å². The summed E-state index contributed by atoms with van der Waals surface area (Å²) in [7, 11) is 0. The number of carbonyl (C=O) groups is 1. The smallest absolute Gasteiger partial charge is 0.255 e. The molecular formula is C18H16N2O. The van der Waals surface area contributed by atoms with Crippen LogP contribution in [0.15, 0.2) is 48.5 Å². The summed E-state index contributed by atoms with van der Waals surface area (Å²) in [6.07, 6.45) is 0. The fourth-order valence-corrected chi connectivity index (χ4v) is 2.90. The Morgan fingerprint density at radius 3 is 2.52 bits per heavy atom.